The first-order chi connectivity index (χ1) is 43.1. The zero-order valence-electron chi connectivity index (χ0n) is 46.6. The van der Waals surface area contributed by atoms with Crippen molar-refractivity contribution >= 4 is 75.4 Å². The van der Waals surface area contributed by atoms with Gasteiger partial charge in [-0.25, -0.2) is 29.9 Å². The van der Waals surface area contributed by atoms with Crippen molar-refractivity contribution in [1.82, 2.24) is 29.9 Å². The van der Waals surface area contributed by atoms with Gasteiger partial charge in [0.2, 0.25) is 0 Å². The number of thiophene rings is 1. The number of rotatable bonds is 9. The highest BCUT2D eigenvalue weighted by Crippen LogP contribution is 2.43. The van der Waals surface area contributed by atoms with Crippen LogP contribution in [0.4, 0.5) is 0 Å². The summed E-state index contributed by atoms with van der Waals surface area (Å²) in [5.41, 5.74) is 16.0. The minimum atomic E-state index is 0.639. The molecule has 17 rings (SSSR count). The molecule has 0 spiro atoms. The Morgan fingerprint density at radius 3 is 1.23 bits per heavy atom. The van der Waals surface area contributed by atoms with Gasteiger partial charge >= 0.3 is 0 Å². The maximum absolute atomic E-state index is 6.54. The van der Waals surface area contributed by atoms with E-state index in [1.54, 1.807) is 11.3 Å². The Bertz CT molecular complexity index is 5280. The number of fused-ring (bicyclic) bond motifs is 10. The molecule has 0 aliphatic carbocycles. The molecule has 5 aromatic heterocycles. The lowest BCUT2D eigenvalue weighted by atomic mass is 9.95. The first kappa shape index (κ1) is 51.1. The predicted molar refractivity (Wildman–Crippen MR) is 356 cm³/mol. The van der Waals surface area contributed by atoms with Crippen LogP contribution in [0.15, 0.2) is 300 Å². The van der Waals surface area contributed by atoms with E-state index in [-0.39, 0.29) is 0 Å². The lowest BCUT2D eigenvalue weighted by molar-refractivity contribution is 0.669. The Kier molecular flexibility index (Phi) is 12.9. The van der Waals surface area contributed by atoms with Gasteiger partial charge in [0, 0.05) is 70.4 Å². The highest BCUT2D eigenvalue weighted by Gasteiger charge is 2.19. The van der Waals surface area contributed by atoms with Gasteiger partial charge in [-0.2, -0.15) is 0 Å². The van der Waals surface area contributed by atoms with Gasteiger partial charge in [0.15, 0.2) is 40.5 Å². The van der Waals surface area contributed by atoms with Gasteiger partial charge < -0.3 is 8.83 Å². The molecule has 0 bridgehead atoms. The topological polar surface area (TPSA) is 104 Å². The van der Waals surface area contributed by atoms with Crippen molar-refractivity contribution in [2.75, 3.05) is 0 Å². The first-order valence-electron chi connectivity index (χ1n) is 28.8. The van der Waals surface area contributed by atoms with Crippen molar-refractivity contribution < 1.29 is 8.83 Å². The van der Waals surface area contributed by atoms with Crippen molar-refractivity contribution in [2.45, 2.75) is 0 Å². The molecule has 17 aromatic rings. The molecular weight excluding hydrogens is 1080 g/mol. The van der Waals surface area contributed by atoms with Gasteiger partial charge in [0.1, 0.15) is 16.7 Å². The van der Waals surface area contributed by atoms with Crippen LogP contribution >= 0.6 is 11.3 Å². The molecule has 408 valence electrons. The van der Waals surface area contributed by atoms with Crippen LogP contribution in [0.25, 0.3) is 166 Å². The summed E-state index contributed by atoms with van der Waals surface area (Å²) in [6.45, 7) is 0. The van der Waals surface area contributed by atoms with Crippen molar-refractivity contribution in [1.29, 1.82) is 0 Å². The van der Waals surface area contributed by atoms with Gasteiger partial charge in [-0.15, -0.1) is 11.3 Å². The van der Waals surface area contributed by atoms with E-state index in [0.29, 0.717) is 34.9 Å². The predicted octanol–water partition coefficient (Wildman–Crippen LogP) is 20.9. The summed E-state index contributed by atoms with van der Waals surface area (Å²) < 4.78 is 15.2. The van der Waals surface area contributed by atoms with Crippen molar-refractivity contribution in [3.8, 4) is 102 Å². The summed E-state index contributed by atoms with van der Waals surface area (Å²) in [4.78, 5) is 29.2. The number of benzene rings is 12. The second-order valence-electron chi connectivity index (χ2n) is 21.3. The van der Waals surface area contributed by atoms with Crippen molar-refractivity contribution in [2.24, 2.45) is 0 Å². The maximum atomic E-state index is 6.54. The van der Waals surface area contributed by atoms with E-state index in [1.165, 1.54) is 20.2 Å². The monoisotopic (exact) mass is 1130 g/mol. The molecule has 0 saturated carbocycles. The molecule has 0 unspecified atom stereocenters. The second kappa shape index (κ2) is 21.9. The number of para-hydroxylation sites is 1. The fourth-order valence-electron chi connectivity index (χ4n) is 11.6. The molecule has 5 heterocycles. The average molecular weight is 1130 g/mol. The Labute approximate surface area is 504 Å². The summed E-state index contributed by atoms with van der Waals surface area (Å²) in [5, 5.41) is 7.07. The van der Waals surface area contributed by atoms with E-state index in [0.717, 1.165) is 111 Å². The second-order valence-corrected chi connectivity index (χ2v) is 22.4. The van der Waals surface area contributed by atoms with Gasteiger partial charge in [-0.1, -0.05) is 243 Å². The molecule has 0 radical (unpaired) electrons. The fourth-order valence-corrected chi connectivity index (χ4v) is 12.8. The molecule has 87 heavy (non-hydrogen) atoms. The highest BCUT2D eigenvalue weighted by molar-refractivity contribution is 7.26. The Balaban J connectivity index is 0.000000141. The maximum Gasteiger partial charge on any atom is 0.164 e. The molecule has 0 N–H and O–H groups in total. The summed E-state index contributed by atoms with van der Waals surface area (Å²) in [6, 6.07) is 99.6. The Morgan fingerprint density at radius 1 is 0.230 bits per heavy atom. The van der Waals surface area contributed by atoms with Crippen LogP contribution < -0.4 is 0 Å². The van der Waals surface area contributed by atoms with Gasteiger partial charge in [-0.05, 0) is 81.9 Å². The minimum absolute atomic E-state index is 0.639. The van der Waals surface area contributed by atoms with Gasteiger partial charge in [0.25, 0.3) is 0 Å². The van der Waals surface area contributed by atoms with Crippen LogP contribution in [0.2, 0.25) is 0 Å². The van der Waals surface area contributed by atoms with Crippen LogP contribution in [0.1, 0.15) is 0 Å². The SMILES string of the molecule is c1ccc(-c2nc(-c3ccccc3)nc(-c3ccc(-c4ccc5c(c4)oc4c5ccc5c6ccccc6sc54)cc3)n2)cc1.c1ccc(-c2nc(-c3ccccc3)nc(-c3cccc(-c4cccc(-c5cccc6oc7ccccc7c56)c4)c3)n2)cc1. The largest absolute Gasteiger partial charge is 0.456 e. The summed E-state index contributed by atoms with van der Waals surface area (Å²) in [7, 11) is 0. The molecular formula is C78H48N6O2S. The highest BCUT2D eigenvalue weighted by atomic mass is 32.1. The quantitative estimate of drug-likeness (QED) is 0.141. The molecule has 0 aliphatic heterocycles. The van der Waals surface area contributed by atoms with E-state index in [1.807, 2.05) is 140 Å². The van der Waals surface area contributed by atoms with Crippen LogP contribution in [-0.4, -0.2) is 29.9 Å². The number of aromatic nitrogens is 6. The summed E-state index contributed by atoms with van der Waals surface area (Å²) in [5.74, 6) is 3.89. The molecule has 0 atom stereocenters. The van der Waals surface area contributed by atoms with E-state index in [9.17, 15) is 0 Å². The van der Waals surface area contributed by atoms with E-state index < -0.39 is 0 Å². The van der Waals surface area contributed by atoms with E-state index in [2.05, 4.69) is 152 Å². The molecule has 0 fully saturated rings. The van der Waals surface area contributed by atoms with Gasteiger partial charge in [0.05, 0.1) is 4.70 Å². The number of furan rings is 2. The molecule has 9 heteroatoms. The zero-order chi connectivity index (χ0) is 57.6. The number of nitrogens with zero attached hydrogens (tertiary/aromatic N) is 6. The van der Waals surface area contributed by atoms with E-state index in [4.69, 9.17) is 38.7 Å². The zero-order valence-corrected chi connectivity index (χ0v) is 47.4. The summed E-state index contributed by atoms with van der Waals surface area (Å²) in [6.07, 6.45) is 0. The molecule has 0 aliphatic rings. The van der Waals surface area contributed by atoms with Gasteiger partial charge in [-0.3, -0.25) is 0 Å². The molecule has 8 nitrogen and oxygen atoms in total. The lowest BCUT2D eigenvalue weighted by Crippen LogP contribution is -2.00. The van der Waals surface area contributed by atoms with Crippen molar-refractivity contribution in [3.63, 3.8) is 0 Å². The first-order valence-corrected chi connectivity index (χ1v) is 29.6. The number of hydrogen-bond donors (Lipinski definition) is 0. The standard InChI is InChI=1S/C39H23N3OS.C39H25N3O/c1-3-9-25(10-4-1)37-40-38(26-11-5-2-6-12-26)42-39(41-37)27-17-15-24(16-18-27)28-19-20-29-31-21-22-32-30-13-7-8-14-34(30)44-36(32)35(31)43-33(29)23-28;1-3-12-26(13-4-1)37-40-38(27-14-5-2-6-15-27)42-39(41-37)31-19-10-17-29(25-31)28-16-9-18-30(24-28)32-21-11-23-35-36(32)33-20-7-8-22-34(33)43-35/h1-23H;1-25H. The van der Waals surface area contributed by atoms with Crippen LogP contribution in [-0.2, 0) is 0 Å². The lowest BCUT2D eigenvalue weighted by Gasteiger charge is -2.11. The molecule has 0 amide bonds. The third-order valence-electron chi connectivity index (χ3n) is 15.9. The number of hydrogen-bond acceptors (Lipinski definition) is 9. The van der Waals surface area contributed by atoms with Crippen molar-refractivity contribution in [3.05, 3.63) is 291 Å². The third-order valence-corrected chi connectivity index (χ3v) is 17.1. The Hall–Kier alpha value is -11.5. The fraction of sp³-hybridized carbons (Fsp3) is 0. The minimum Gasteiger partial charge on any atom is -0.456 e. The smallest absolute Gasteiger partial charge is 0.164 e. The normalized spacial score (nSPS) is 11.4. The Morgan fingerprint density at radius 2 is 0.632 bits per heavy atom. The van der Waals surface area contributed by atoms with E-state index >= 15 is 0 Å². The van der Waals surface area contributed by atoms with Crippen LogP contribution in [0, 0.1) is 0 Å². The summed E-state index contributed by atoms with van der Waals surface area (Å²) >= 11 is 1.80. The van der Waals surface area contributed by atoms with Crippen LogP contribution in [0.3, 0.4) is 0 Å². The van der Waals surface area contributed by atoms with Crippen LogP contribution in [0.5, 0.6) is 0 Å². The molecule has 0 saturated heterocycles. The molecule has 12 aromatic carbocycles. The third kappa shape index (κ3) is 9.73. The average Bonchev–Trinajstić information content (AvgIpc) is 2.09.